The van der Waals surface area contributed by atoms with E-state index in [9.17, 15) is 4.79 Å². The molecular weight excluding hydrogens is 250 g/mol. The van der Waals surface area contributed by atoms with Gasteiger partial charge in [0.15, 0.2) is 0 Å². The molecule has 1 unspecified atom stereocenters. The summed E-state index contributed by atoms with van der Waals surface area (Å²) in [4.78, 5) is 12.6. The van der Waals surface area contributed by atoms with Crippen molar-refractivity contribution < 1.29 is 9.21 Å². The van der Waals surface area contributed by atoms with Gasteiger partial charge >= 0.3 is 0 Å². The van der Waals surface area contributed by atoms with Crippen LogP contribution in [0, 0.1) is 6.92 Å². The van der Waals surface area contributed by atoms with Crippen molar-refractivity contribution >= 4 is 17.4 Å². The minimum Gasteiger partial charge on any atom is -0.464 e. The second kappa shape index (κ2) is 5.30. The van der Waals surface area contributed by atoms with Crippen LogP contribution < -0.4 is 5.32 Å². The Balaban J connectivity index is 2.08. The van der Waals surface area contributed by atoms with Crippen molar-refractivity contribution in [3.05, 3.63) is 34.2 Å². The van der Waals surface area contributed by atoms with Crippen molar-refractivity contribution in [2.75, 3.05) is 0 Å². The molecule has 6 heteroatoms. The maximum atomic E-state index is 12.1. The fourth-order valence-corrected chi connectivity index (χ4v) is 2.29. The van der Waals surface area contributed by atoms with Crippen molar-refractivity contribution in [2.24, 2.45) is 0 Å². The van der Waals surface area contributed by atoms with Gasteiger partial charge in [-0.05, 0) is 43.9 Å². The zero-order chi connectivity index (χ0) is 13.1. The third-order valence-electron chi connectivity index (χ3n) is 2.63. The SMILES string of the molecule is CCc1nnsc1C(=O)NC(C)c1ccc(C)o1. The molecule has 2 heterocycles. The van der Waals surface area contributed by atoms with Gasteiger partial charge in [-0.1, -0.05) is 11.4 Å². The maximum absolute atomic E-state index is 12.1. The van der Waals surface area contributed by atoms with Crippen molar-refractivity contribution in [1.82, 2.24) is 14.9 Å². The molecule has 0 aliphatic carbocycles. The Morgan fingerprint density at radius 3 is 2.94 bits per heavy atom. The van der Waals surface area contributed by atoms with E-state index in [0.717, 1.165) is 28.7 Å². The molecule has 96 valence electrons. The van der Waals surface area contributed by atoms with Gasteiger partial charge in [0.2, 0.25) is 0 Å². The lowest BCUT2D eigenvalue weighted by Crippen LogP contribution is -2.26. The summed E-state index contributed by atoms with van der Waals surface area (Å²) in [6, 6.07) is 3.58. The minimum absolute atomic E-state index is 0.150. The predicted octanol–water partition coefficient (Wildman–Crippen LogP) is 2.49. The third kappa shape index (κ3) is 2.59. The van der Waals surface area contributed by atoms with E-state index in [1.807, 2.05) is 32.9 Å². The van der Waals surface area contributed by atoms with E-state index < -0.39 is 0 Å². The molecule has 2 rings (SSSR count). The zero-order valence-electron chi connectivity index (χ0n) is 10.6. The molecule has 0 aliphatic rings. The molecule has 0 spiro atoms. The van der Waals surface area contributed by atoms with E-state index >= 15 is 0 Å². The van der Waals surface area contributed by atoms with E-state index in [4.69, 9.17) is 4.42 Å². The Hall–Kier alpha value is -1.69. The number of rotatable bonds is 4. The highest BCUT2D eigenvalue weighted by Gasteiger charge is 2.18. The molecule has 1 N–H and O–H groups in total. The van der Waals surface area contributed by atoms with Crippen LogP contribution in [0.15, 0.2) is 16.5 Å². The van der Waals surface area contributed by atoms with Crippen LogP contribution in [0.25, 0.3) is 0 Å². The standard InChI is InChI=1S/C12H15N3O2S/c1-4-9-11(18-15-14-9)12(16)13-8(3)10-6-5-7(2)17-10/h5-6,8H,4H2,1-3H3,(H,13,16). The number of carbonyl (C=O) groups excluding carboxylic acids is 1. The quantitative estimate of drug-likeness (QED) is 0.922. The Kier molecular flexibility index (Phi) is 3.76. The lowest BCUT2D eigenvalue weighted by Gasteiger charge is -2.10. The smallest absolute Gasteiger partial charge is 0.265 e. The van der Waals surface area contributed by atoms with Crippen LogP contribution in [0.4, 0.5) is 0 Å². The average molecular weight is 265 g/mol. The zero-order valence-corrected chi connectivity index (χ0v) is 11.4. The first-order chi connectivity index (χ1) is 8.61. The topological polar surface area (TPSA) is 68.0 Å². The summed E-state index contributed by atoms with van der Waals surface area (Å²) in [5, 5.41) is 6.81. The van der Waals surface area contributed by atoms with E-state index in [0.29, 0.717) is 11.3 Å². The first-order valence-corrected chi connectivity index (χ1v) is 6.57. The second-order valence-corrected chi connectivity index (χ2v) is 4.80. The molecule has 2 aromatic rings. The number of nitrogens with one attached hydrogen (secondary N) is 1. The maximum Gasteiger partial charge on any atom is 0.265 e. The van der Waals surface area contributed by atoms with Gasteiger partial charge in [0.05, 0.1) is 11.7 Å². The van der Waals surface area contributed by atoms with E-state index in [1.165, 1.54) is 0 Å². The molecule has 0 fully saturated rings. The lowest BCUT2D eigenvalue weighted by atomic mass is 10.2. The predicted molar refractivity (Wildman–Crippen MR) is 68.6 cm³/mol. The van der Waals surface area contributed by atoms with Gasteiger partial charge in [-0.2, -0.15) is 0 Å². The van der Waals surface area contributed by atoms with Crippen molar-refractivity contribution in [3.63, 3.8) is 0 Å². The van der Waals surface area contributed by atoms with Crippen molar-refractivity contribution in [1.29, 1.82) is 0 Å². The first kappa shape index (κ1) is 12.8. The average Bonchev–Trinajstić information content (AvgIpc) is 2.96. The Morgan fingerprint density at radius 2 is 2.33 bits per heavy atom. The van der Waals surface area contributed by atoms with Crippen LogP contribution in [0.2, 0.25) is 0 Å². The van der Waals surface area contributed by atoms with Gasteiger partial charge in [-0.3, -0.25) is 4.79 Å². The van der Waals surface area contributed by atoms with Crippen LogP contribution in [-0.4, -0.2) is 15.5 Å². The number of hydrogen-bond acceptors (Lipinski definition) is 5. The Labute approximate surface area is 109 Å². The van der Waals surface area contributed by atoms with Crippen LogP contribution >= 0.6 is 11.5 Å². The third-order valence-corrected chi connectivity index (χ3v) is 3.40. The van der Waals surface area contributed by atoms with Crippen molar-refractivity contribution in [2.45, 2.75) is 33.2 Å². The molecule has 1 amide bonds. The fourth-order valence-electron chi connectivity index (χ4n) is 1.63. The van der Waals surface area contributed by atoms with Gasteiger partial charge in [-0.15, -0.1) is 5.10 Å². The highest BCUT2D eigenvalue weighted by molar-refractivity contribution is 7.08. The molecule has 0 aromatic carbocycles. The highest BCUT2D eigenvalue weighted by atomic mass is 32.1. The second-order valence-electron chi connectivity index (χ2n) is 4.05. The summed E-state index contributed by atoms with van der Waals surface area (Å²) in [5.41, 5.74) is 0.736. The number of nitrogens with zero attached hydrogens (tertiary/aromatic N) is 2. The van der Waals surface area contributed by atoms with Crippen LogP contribution in [0.5, 0.6) is 0 Å². The monoisotopic (exact) mass is 265 g/mol. The molecule has 2 aromatic heterocycles. The molecule has 0 saturated carbocycles. The number of amides is 1. The normalized spacial score (nSPS) is 12.4. The highest BCUT2D eigenvalue weighted by Crippen LogP contribution is 2.18. The van der Waals surface area contributed by atoms with Gasteiger partial charge < -0.3 is 9.73 Å². The molecule has 18 heavy (non-hydrogen) atoms. The van der Waals surface area contributed by atoms with E-state index in [1.54, 1.807) is 0 Å². The molecule has 0 saturated heterocycles. The Bertz CT molecular complexity index is 547. The number of aromatic nitrogens is 2. The summed E-state index contributed by atoms with van der Waals surface area (Å²) in [5.74, 6) is 1.43. The number of hydrogen-bond donors (Lipinski definition) is 1. The van der Waals surface area contributed by atoms with Crippen LogP contribution in [0.3, 0.4) is 0 Å². The van der Waals surface area contributed by atoms with Crippen LogP contribution in [0.1, 0.15) is 46.8 Å². The summed E-state index contributed by atoms with van der Waals surface area (Å²) >= 11 is 1.12. The van der Waals surface area contributed by atoms with Crippen LogP contribution in [-0.2, 0) is 6.42 Å². The van der Waals surface area contributed by atoms with Gasteiger partial charge in [0.25, 0.3) is 5.91 Å². The van der Waals surface area contributed by atoms with E-state index in [2.05, 4.69) is 14.9 Å². The first-order valence-electron chi connectivity index (χ1n) is 5.80. The summed E-state index contributed by atoms with van der Waals surface area (Å²) in [6.07, 6.45) is 0.702. The van der Waals surface area contributed by atoms with Gasteiger partial charge in [-0.25, -0.2) is 0 Å². The molecule has 0 radical (unpaired) electrons. The summed E-state index contributed by atoms with van der Waals surface area (Å²) in [6.45, 7) is 5.71. The van der Waals surface area contributed by atoms with Gasteiger partial charge in [0.1, 0.15) is 16.4 Å². The summed E-state index contributed by atoms with van der Waals surface area (Å²) < 4.78 is 9.28. The largest absolute Gasteiger partial charge is 0.464 e. The molecule has 0 bridgehead atoms. The molecule has 5 nitrogen and oxygen atoms in total. The Morgan fingerprint density at radius 1 is 1.56 bits per heavy atom. The lowest BCUT2D eigenvalue weighted by molar-refractivity contribution is 0.0938. The number of aryl methyl sites for hydroxylation is 2. The fraction of sp³-hybridized carbons (Fsp3) is 0.417. The summed E-state index contributed by atoms with van der Waals surface area (Å²) in [7, 11) is 0. The molecule has 1 atom stereocenters. The van der Waals surface area contributed by atoms with E-state index in [-0.39, 0.29) is 11.9 Å². The number of carbonyl (C=O) groups is 1. The minimum atomic E-state index is -0.169. The van der Waals surface area contributed by atoms with Crippen molar-refractivity contribution in [3.8, 4) is 0 Å². The number of furan rings is 1. The molecular formula is C12H15N3O2S. The van der Waals surface area contributed by atoms with Gasteiger partial charge in [0, 0.05) is 0 Å². The molecule has 0 aliphatic heterocycles.